The molecule has 1 heterocycles. The normalized spacial score (nSPS) is 24.1. The van der Waals surface area contributed by atoms with E-state index in [4.69, 9.17) is 4.74 Å². The van der Waals surface area contributed by atoms with E-state index in [-0.39, 0.29) is 12.5 Å². The van der Waals surface area contributed by atoms with Crippen LogP contribution >= 0.6 is 0 Å². The van der Waals surface area contributed by atoms with Crippen molar-refractivity contribution in [3.63, 3.8) is 0 Å². The average Bonchev–Trinajstić information content (AvgIpc) is 2.94. The fraction of sp³-hybridized carbons (Fsp3) is 0.545. The summed E-state index contributed by atoms with van der Waals surface area (Å²) in [5.74, 6) is -2.16. The van der Waals surface area contributed by atoms with Crippen LogP contribution in [0.15, 0.2) is 24.3 Å². The van der Waals surface area contributed by atoms with Gasteiger partial charge < -0.3 is 15.0 Å². The van der Waals surface area contributed by atoms with E-state index in [1.165, 1.54) is 31.0 Å². The smallest absolute Gasteiger partial charge is 0.327 e. The summed E-state index contributed by atoms with van der Waals surface area (Å²) < 4.78 is 18.5. The molecule has 0 aromatic heterocycles. The fourth-order valence-corrected chi connectivity index (χ4v) is 4.35. The average molecular weight is 433 g/mol. The summed E-state index contributed by atoms with van der Waals surface area (Å²) >= 11 is 0. The Balaban J connectivity index is 1.56. The van der Waals surface area contributed by atoms with Gasteiger partial charge in [-0.2, -0.15) is 0 Å². The minimum Gasteiger partial charge on any atom is -0.451 e. The Kier molecular flexibility index (Phi) is 6.62. The summed E-state index contributed by atoms with van der Waals surface area (Å²) in [6.07, 6.45) is 2.08. The maximum Gasteiger partial charge on any atom is 0.327 e. The molecule has 31 heavy (non-hydrogen) atoms. The second kappa shape index (κ2) is 9.03. The molecule has 4 amide bonds. The van der Waals surface area contributed by atoms with Gasteiger partial charge in [-0.25, -0.2) is 9.18 Å². The Bertz CT molecular complexity index is 892. The zero-order valence-electron chi connectivity index (χ0n) is 18.0. The minimum absolute atomic E-state index is 0.0179. The van der Waals surface area contributed by atoms with Gasteiger partial charge in [0.1, 0.15) is 17.9 Å². The lowest BCUT2D eigenvalue weighted by molar-refractivity contribution is -0.160. The van der Waals surface area contributed by atoms with Gasteiger partial charge in [0.15, 0.2) is 6.10 Å². The van der Waals surface area contributed by atoms with Gasteiger partial charge in [0.25, 0.3) is 11.8 Å². The van der Waals surface area contributed by atoms with Gasteiger partial charge in [0.2, 0.25) is 0 Å². The third-order valence-corrected chi connectivity index (χ3v) is 6.13. The number of hydrogen-bond acceptors (Lipinski definition) is 5. The van der Waals surface area contributed by atoms with Crippen LogP contribution in [0.3, 0.4) is 0 Å². The van der Waals surface area contributed by atoms with Crippen LogP contribution in [0, 0.1) is 11.7 Å². The summed E-state index contributed by atoms with van der Waals surface area (Å²) in [5.41, 5.74) is -0.358. The summed E-state index contributed by atoms with van der Waals surface area (Å²) in [7, 11) is 1.52. The lowest BCUT2D eigenvalue weighted by atomic mass is 9.73. The van der Waals surface area contributed by atoms with E-state index in [1.54, 1.807) is 12.1 Å². The first-order valence-corrected chi connectivity index (χ1v) is 10.5. The fourth-order valence-electron chi connectivity index (χ4n) is 4.35. The molecule has 1 aliphatic carbocycles. The third-order valence-electron chi connectivity index (χ3n) is 6.13. The lowest BCUT2D eigenvalue weighted by Gasteiger charge is -2.36. The summed E-state index contributed by atoms with van der Waals surface area (Å²) in [6, 6.07) is 5.25. The van der Waals surface area contributed by atoms with Crippen molar-refractivity contribution in [2.45, 2.75) is 57.7 Å². The van der Waals surface area contributed by atoms with Crippen molar-refractivity contribution in [2.24, 2.45) is 5.92 Å². The number of rotatable bonds is 6. The maximum absolute atomic E-state index is 13.3. The SMILES string of the molecule is CC(OC(=O)CN1C(=O)NC2(CCCCC2C)C1=O)C(=O)N(C)Cc1cccc(F)c1. The molecule has 2 fully saturated rings. The molecule has 1 spiro atoms. The number of ether oxygens (including phenoxy) is 1. The number of amides is 4. The molecule has 1 saturated carbocycles. The van der Waals surface area contributed by atoms with Crippen molar-refractivity contribution in [1.29, 1.82) is 0 Å². The predicted molar refractivity (Wildman–Crippen MR) is 109 cm³/mol. The van der Waals surface area contributed by atoms with Crippen LogP contribution in [0.25, 0.3) is 0 Å². The van der Waals surface area contributed by atoms with E-state index in [0.29, 0.717) is 12.0 Å². The predicted octanol–water partition coefficient (Wildman–Crippen LogP) is 2.22. The Hall–Kier alpha value is -2.97. The molecular formula is C22H28FN3O5. The number of nitrogens with one attached hydrogen (secondary N) is 1. The summed E-state index contributed by atoms with van der Waals surface area (Å²) in [6.45, 7) is 2.93. The Morgan fingerprint density at radius 1 is 1.35 bits per heavy atom. The molecule has 0 radical (unpaired) electrons. The van der Waals surface area contributed by atoms with E-state index in [2.05, 4.69) is 5.32 Å². The molecular weight excluding hydrogens is 405 g/mol. The molecule has 1 N–H and O–H groups in total. The van der Waals surface area contributed by atoms with Gasteiger partial charge in [0.05, 0.1) is 0 Å². The molecule has 9 heteroatoms. The zero-order valence-corrected chi connectivity index (χ0v) is 18.0. The Morgan fingerprint density at radius 3 is 2.77 bits per heavy atom. The molecule has 1 aromatic carbocycles. The highest BCUT2D eigenvalue weighted by molar-refractivity contribution is 6.09. The van der Waals surface area contributed by atoms with Crippen LogP contribution in [-0.4, -0.2) is 58.8 Å². The number of esters is 1. The van der Waals surface area contributed by atoms with Gasteiger partial charge in [-0.15, -0.1) is 0 Å². The Morgan fingerprint density at radius 2 is 2.10 bits per heavy atom. The Labute approximate surface area is 180 Å². The number of likely N-dealkylation sites (N-methyl/N-ethyl adjacent to an activating group) is 1. The first-order chi connectivity index (χ1) is 14.6. The van der Waals surface area contributed by atoms with Crippen molar-refractivity contribution >= 4 is 23.8 Å². The van der Waals surface area contributed by atoms with Crippen LogP contribution < -0.4 is 5.32 Å². The van der Waals surface area contributed by atoms with Crippen molar-refractivity contribution in [1.82, 2.24) is 15.1 Å². The highest BCUT2D eigenvalue weighted by atomic mass is 19.1. The topological polar surface area (TPSA) is 96.0 Å². The highest BCUT2D eigenvalue weighted by Gasteiger charge is 2.55. The molecule has 1 aromatic rings. The quantitative estimate of drug-likeness (QED) is 0.548. The number of halogens is 1. The van der Waals surface area contributed by atoms with Crippen molar-refractivity contribution in [3.8, 4) is 0 Å². The van der Waals surface area contributed by atoms with Crippen LogP contribution in [0.1, 0.15) is 45.1 Å². The third kappa shape index (κ3) is 4.70. The number of urea groups is 1. The lowest BCUT2D eigenvalue weighted by Crippen LogP contribution is -2.54. The van der Waals surface area contributed by atoms with Gasteiger partial charge in [-0.05, 0) is 43.4 Å². The van der Waals surface area contributed by atoms with E-state index in [1.807, 2.05) is 6.92 Å². The number of carbonyl (C=O) groups excluding carboxylic acids is 4. The first-order valence-electron chi connectivity index (χ1n) is 10.5. The molecule has 3 atom stereocenters. The van der Waals surface area contributed by atoms with Gasteiger partial charge >= 0.3 is 12.0 Å². The molecule has 2 aliphatic rings. The first kappa shape index (κ1) is 22.7. The number of carbonyl (C=O) groups is 4. The maximum atomic E-state index is 13.3. The monoisotopic (exact) mass is 433 g/mol. The van der Waals surface area contributed by atoms with Crippen LogP contribution in [0.2, 0.25) is 0 Å². The second-order valence-electron chi connectivity index (χ2n) is 8.40. The highest BCUT2D eigenvalue weighted by Crippen LogP contribution is 2.38. The van der Waals surface area contributed by atoms with Gasteiger partial charge in [-0.3, -0.25) is 19.3 Å². The molecule has 1 aliphatic heterocycles. The number of hydrogen-bond donors (Lipinski definition) is 1. The van der Waals surface area contributed by atoms with Gasteiger partial charge in [-0.1, -0.05) is 31.9 Å². The van der Waals surface area contributed by atoms with Crippen LogP contribution in [0.4, 0.5) is 9.18 Å². The largest absolute Gasteiger partial charge is 0.451 e. The van der Waals surface area contributed by atoms with E-state index in [0.717, 1.165) is 24.2 Å². The van der Waals surface area contributed by atoms with E-state index >= 15 is 0 Å². The van der Waals surface area contributed by atoms with E-state index < -0.39 is 47.8 Å². The van der Waals surface area contributed by atoms with E-state index in [9.17, 15) is 23.6 Å². The van der Waals surface area contributed by atoms with Crippen molar-refractivity contribution in [2.75, 3.05) is 13.6 Å². The van der Waals surface area contributed by atoms with Gasteiger partial charge in [0, 0.05) is 13.6 Å². The minimum atomic E-state index is -1.12. The molecule has 1 saturated heterocycles. The second-order valence-corrected chi connectivity index (χ2v) is 8.40. The number of imide groups is 1. The zero-order chi connectivity index (χ0) is 22.8. The molecule has 8 nitrogen and oxygen atoms in total. The number of benzene rings is 1. The summed E-state index contributed by atoms with van der Waals surface area (Å²) in [5, 5.41) is 2.77. The van der Waals surface area contributed by atoms with Crippen molar-refractivity contribution in [3.05, 3.63) is 35.6 Å². The summed E-state index contributed by atoms with van der Waals surface area (Å²) in [4.78, 5) is 52.4. The van der Waals surface area contributed by atoms with Crippen molar-refractivity contribution < 1.29 is 28.3 Å². The molecule has 0 bridgehead atoms. The van der Waals surface area contributed by atoms with Crippen LogP contribution in [0.5, 0.6) is 0 Å². The molecule has 3 unspecified atom stereocenters. The van der Waals surface area contributed by atoms with Crippen LogP contribution in [-0.2, 0) is 25.7 Å². The standard InChI is InChI=1S/C22H28FN3O5/c1-14-7-4-5-10-22(14)20(29)26(21(30)24-22)13-18(27)31-15(2)19(28)25(3)12-16-8-6-9-17(23)11-16/h6,8-9,11,14-15H,4-5,7,10,12-13H2,1-3H3,(H,24,30). The number of nitrogens with zero attached hydrogens (tertiary/aromatic N) is 2. The molecule has 3 rings (SSSR count). The molecule has 168 valence electrons.